The van der Waals surface area contributed by atoms with Crippen molar-refractivity contribution in [1.82, 2.24) is 0 Å². The fourth-order valence-corrected chi connectivity index (χ4v) is 8.98. The number of carbonyl (C=O) groups is 3. The molecule has 36 heavy (non-hydrogen) atoms. The third-order valence-corrected chi connectivity index (χ3v) is 10.7. The van der Waals surface area contributed by atoms with Gasteiger partial charge in [0.2, 0.25) is 0 Å². The summed E-state index contributed by atoms with van der Waals surface area (Å²) < 4.78 is 17.0. The minimum atomic E-state index is -0.199. The fourth-order valence-electron chi connectivity index (χ4n) is 8.98. The molecule has 0 spiro atoms. The van der Waals surface area contributed by atoms with Crippen LogP contribution in [0.2, 0.25) is 0 Å². The average molecular weight is 503 g/mol. The Morgan fingerprint density at radius 2 is 1.69 bits per heavy atom. The van der Waals surface area contributed by atoms with Crippen molar-refractivity contribution in [3.8, 4) is 0 Å². The van der Waals surface area contributed by atoms with Gasteiger partial charge in [0, 0.05) is 25.7 Å². The zero-order valence-corrected chi connectivity index (χ0v) is 23.1. The van der Waals surface area contributed by atoms with Gasteiger partial charge in [-0.15, -0.1) is 0 Å². The number of ether oxygens (including phenoxy) is 3. The predicted molar refractivity (Wildman–Crippen MR) is 137 cm³/mol. The molecular weight excluding hydrogens is 456 g/mol. The molecule has 0 aromatic heterocycles. The van der Waals surface area contributed by atoms with Crippen LogP contribution in [-0.2, 0) is 28.6 Å². The van der Waals surface area contributed by atoms with Gasteiger partial charge in [0.1, 0.15) is 12.2 Å². The molecular formula is C30H46O6. The summed E-state index contributed by atoms with van der Waals surface area (Å²) >= 11 is 0. The molecule has 0 amide bonds. The van der Waals surface area contributed by atoms with Crippen molar-refractivity contribution in [2.24, 2.45) is 46.3 Å². The molecule has 10 atom stereocenters. The topological polar surface area (TPSA) is 78.9 Å². The van der Waals surface area contributed by atoms with Crippen molar-refractivity contribution in [3.63, 3.8) is 0 Å². The maximum Gasteiger partial charge on any atom is 0.305 e. The quantitative estimate of drug-likeness (QED) is 0.246. The van der Waals surface area contributed by atoms with Gasteiger partial charge in [-0.05, 0) is 92.8 Å². The second kappa shape index (κ2) is 10.5. The smallest absolute Gasteiger partial charge is 0.305 e. The van der Waals surface area contributed by atoms with Crippen LogP contribution in [-0.4, -0.2) is 36.7 Å². The lowest BCUT2D eigenvalue weighted by Gasteiger charge is -2.61. The average Bonchev–Trinajstić information content (AvgIpc) is 3.16. The van der Waals surface area contributed by atoms with Crippen LogP contribution in [0.5, 0.6) is 0 Å². The SMILES string of the molecule is CCOC(=O)CC[C@@H](C)[C@H]1CC[C@H]2[C@H]3C=C[C@@H]4C[C@@H](OC(C)=O)CC[C@]4(C)[C@H]3C[C@H](OC(C)=O)[C@]12C. The molecule has 6 heteroatoms. The van der Waals surface area contributed by atoms with E-state index in [0.717, 1.165) is 44.9 Å². The first-order valence-corrected chi connectivity index (χ1v) is 14.2. The summed E-state index contributed by atoms with van der Waals surface area (Å²) in [5, 5.41) is 0. The highest BCUT2D eigenvalue weighted by atomic mass is 16.5. The van der Waals surface area contributed by atoms with Gasteiger partial charge >= 0.3 is 17.9 Å². The highest BCUT2D eigenvalue weighted by Gasteiger charge is 2.64. The van der Waals surface area contributed by atoms with Crippen LogP contribution < -0.4 is 0 Å². The molecule has 0 saturated heterocycles. The van der Waals surface area contributed by atoms with Gasteiger partial charge in [-0.25, -0.2) is 0 Å². The molecule has 202 valence electrons. The fraction of sp³-hybridized carbons (Fsp3) is 0.833. The van der Waals surface area contributed by atoms with E-state index in [4.69, 9.17) is 14.2 Å². The van der Waals surface area contributed by atoms with E-state index in [1.165, 1.54) is 13.8 Å². The Labute approximate surface area is 216 Å². The maximum absolute atomic E-state index is 12.3. The van der Waals surface area contributed by atoms with E-state index in [9.17, 15) is 14.4 Å². The second-order valence-corrected chi connectivity index (χ2v) is 12.5. The van der Waals surface area contributed by atoms with Crippen LogP contribution in [0.1, 0.15) is 92.9 Å². The standard InChI is InChI=1S/C30H46O6/c1-7-34-28(33)13-8-18(2)24-11-12-25-23-10-9-21-16-22(35-19(3)31)14-15-29(21,5)26(23)17-27(30(24,25)6)36-20(4)32/h9-10,18,21-27H,7-8,11-17H2,1-6H3/t18-,21-,22+,23-,24-,25+,26+,27+,29+,30-/m1/s1. The first kappa shape index (κ1) is 27.2. The molecule has 4 aliphatic carbocycles. The van der Waals surface area contributed by atoms with Crippen LogP contribution in [0.25, 0.3) is 0 Å². The van der Waals surface area contributed by atoms with Crippen LogP contribution in [0.4, 0.5) is 0 Å². The Balaban J connectivity index is 1.59. The van der Waals surface area contributed by atoms with Gasteiger partial charge in [0.05, 0.1) is 6.61 Å². The molecule has 0 heterocycles. The lowest BCUT2D eigenvalue weighted by atomic mass is 9.45. The van der Waals surface area contributed by atoms with Crippen molar-refractivity contribution in [2.45, 2.75) is 105 Å². The first-order chi connectivity index (χ1) is 17.0. The van der Waals surface area contributed by atoms with Crippen LogP contribution >= 0.6 is 0 Å². The lowest BCUT2D eigenvalue weighted by Crippen LogP contribution is -2.58. The zero-order valence-electron chi connectivity index (χ0n) is 23.1. The van der Waals surface area contributed by atoms with Gasteiger partial charge in [-0.3, -0.25) is 14.4 Å². The van der Waals surface area contributed by atoms with Crippen molar-refractivity contribution in [2.75, 3.05) is 6.61 Å². The van der Waals surface area contributed by atoms with Crippen molar-refractivity contribution in [1.29, 1.82) is 0 Å². The van der Waals surface area contributed by atoms with E-state index in [1.807, 2.05) is 6.92 Å². The monoisotopic (exact) mass is 502 g/mol. The molecule has 4 aliphatic rings. The molecule has 3 saturated carbocycles. The second-order valence-electron chi connectivity index (χ2n) is 12.5. The summed E-state index contributed by atoms with van der Waals surface area (Å²) in [6.45, 7) is 12.3. The summed E-state index contributed by atoms with van der Waals surface area (Å²) in [5.41, 5.74) is 0.00675. The van der Waals surface area contributed by atoms with Gasteiger partial charge in [0.25, 0.3) is 0 Å². The number of esters is 3. The number of carbonyl (C=O) groups excluding carboxylic acids is 3. The Hall–Kier alpha value is -1.85. The molecule has 0 N–H and O–H groups in total. The number of hydrogen-bond acceptors (Lipinski definition) is 6. The Morgan fingerprint density at radius 1 is 0.972 bits per heavy atom. The Bertz CT molecular complexity index is 881. The third-order valence-electron chi connectivity index (χ3n) is 10.7. The van der Waals surface area contributed by atoms with Gasteiger partial charge in [-0.1, -0.05) is 32.9 Å². The number of rotatable bonds is 7. The molecule has 0 aliphatic heterocycles. The first-order valence-electron chi connectivity index (χ1n) is 14.2. The number of fused-ring (bicyclic) bond motifs is 5. The summed E-state index contributed by atoms with van der Waals surface area (Å²) in [6.07, 6.45) is 11.9. The summed E-state index contributed by atoms with van der Waals surface area (Å²) in [6, 6.07) is 0. The van der Waals surface area contributed by atoms with Crippen LogP contribution in [0.3, 0.4) is 0 Å². The summed E-state index contributed by atoms with van der Waals surface area (Å²) in [5.74, 6) is 1.99. The van der Waals surface area contributed by atoms with Gasteiger partial charge in [-0.2, -0.15) is 0 Å². The van der Waals surface area contributed by atoms with Crippen molar-refractivity contribution >= 4 is 17.9 Å². The minimum absolute atomic E-state index is 0.00370. The van der Waals surface area contributed by atoms with Crippen molar-refractivity contribution < 1.29 is 28.6 Å². The highest BCUT2D eigenvalue weighted by molar-refractivity contribution is 5.69. The van der Waals surface area contributed by atoms with E-state index in [0.29, 0.717) is 48.5 Å². The highest BCUT2D eigenvalue weighted by Crippen LogP contribution is 2.67. The van der Waals surface area contributed by atoms with Crippen LogP contribution in [0.15, 0.2) is 12.2 Å². The predicted octanol–water partition coefficient (Wildman–Crippen LogP) is 5.87. The van der Waals surface area contributed by atoms with E-state index >= 15 is 0 Å². The van der Waals surface area contributed by atoms with Gasteiger partial charge in [0.15, 0.2) is 0 Å². The van der Waals surface area contributed by atoms with Crippen LogP contribution in [0, 0.1) is 46.3 Å². The number of hydrogen-bond donors (Lipinski definition) is 0. The lowest BCUT2D eigenvalue weighted by molar-refractivity contribution is -0.183. The summed E-state index contributed by atoms with van der Waals surface area (Å²) in [4.78, 5) is 35.9. The van der Waals surface area contributed by atoms with E-state index in [2.05, 4.69) is 32.9 Å². The van der Waals surface area contributed by atoms with Crippen molar-refractivity contribution in [3.05, 3.63) is 12.2 Å². The molecule has 0 radical (unpaired) electrons. The van der Waals surface area contributed by atoms with Gasteiger partial charge < -0.3 is 14.2 Å². The molecule has 3 fully saturated rings. The molecule has 0 aromatic carbocycles. The number of allylic oxidation sites excluding steroid dienone is 2. The normalized spacial score (nSPS) is 41.9. The maximum atomic E-state index is 12.3. The molecule has 0 bridgehead atoms. The minimum Gasteiger partial charge on any atom is -0.466 e. The molecule has 0 aromatic rings. The summed E-state index contributed by atoms with van der Waals surface area (Å²) in [7, 11) is 0. The Morgan fingerprint density at radius 3 is 2.36 bits per heavy atom. The molecule has 0 unspecified atom stereocenters. The van der Waals surface area contributed by atoms with E-state index in [1.54, 1.807) is 0 Å². The van der Waals surface area contributed by atoms with E-state index in [-0.39, 0.29) is 40.9 Å². The Kier molecular flexibility index (Phi) is 7.92. The third kappa shape index (κ3) is 4.86. The largest absolute Gasteiger partial charge is 0.466 e. The van der Waals surface area contributed by atoms with E-state index < -0.39 is 0 Å². The molecule has 4 rings (SSSR count). The molecule has 6 nitrogen and oxygen atoms in total. The zero-order chi connectivity index (χ0) is 26.3.